The minimum Gasteiger partial charge on any atom is -0.375 e. The van der Waals surface area contributed by atoms with E-state index in [1.54, 1.807) is 9.47 Å². The summed E-state index contributed by atoms with van der Waals surface area (Å²) in [5.74, 6) is -0.0252. The number of likely N-dealkylation sites (tertiary alicyclic amines) is 2. The van der Waals surface area contributed by atoms with Crippen LogP contribution in [0, 0.1) is 5.92 Å². The Hall–Kier alpha value is -2.35. The first-order chi connectivity index (χ1) is 13.6. The predicted octanol–water partition coefficient (Wildman–Crippen LogP) is 1.15. The van der Waals surface area contributed by atoms with Gasteiger partial charge in [-0.05, 0) is 37.8 Å². The zero-order valence-electron chi connectivity index (χ0n) is 16.4. The maximum Gasteiger partial charge on any atom is 0.329 e. The van der Waals surface area contributed by atoms with Crippen molar-refractivity contribution in [3.8, 4) is 0 Å². The van der Waals surface area contributed by atoms with E-state index < -0.39 is 0 Å². The first-order valence-corrected chi connectivity index (χ1v) is 10.1. The Morgan fingerprint density at radius 2 is 1.93 bits per heavy atom. The highest BCUT2D eigenvalue weighted by atomic mass is 16.5. The van der Waals surface area contributed by atoms with E-state index in [1.807, 2.05) is 28.1 Å². The summed E-state index contributed by atoms with van der Waals surface area (Å²) < 4.78 is 6.65. The molecule has 1 aromatic rings. The van der Waals surface area contributed by atoms with Crippen molar-refractivity contribution in [2.45, 2.75) is 38.3 Å². The summed E-state index contributed by atoms with van der Waals surface area (Å²) in [5.41, 5.74) is 1.03. The number of nitrogens with zero attached hydrogens (tertiary/aromatic N) is 4. The Bertz CT molecular complexity index is 753. The van der Waals surface area contributed by atoms with Crippen LogP contribution >= 0.6 is 0 Å². The summed E-state index contributed by atoms with van der Waals surface area (Å²) in [6.45, 7) is 3.25. The van der Waals surface area contributed by atoms with E-state index in [4.69, 9.17) is 4.74 Å². The molecule has 4 heterocycles. The van der Waals surface area contributed by atoms with Gasteiger partial charge in [-0.3, -0.25) is 14.2 Å². The molecular formula is C20H28N4O4. The first kappa shape index (κ1) is 19.0. The number of carbonyl (C=O) groups is 3. The van der Waals surface area contributed by atoms with Crippen molar-refractivity contribution in [3.63, 3.8) is 0 Å². The second-order valence-corrected chi connectivity index (χ2v) is 7.95. The Labute approximate surface area is 165 Å². The van der Waals surface area contributed by atoms with Crippen LogP contribution < -0.4 is 0 Å². The fourth-order valence-corrected chi connectivity index (χ4v) is 4.67. The van der Waals surface area contributed by atoms with Gasteiger partial charge in [-0.15, -0.1) is 0 Å². The summed E-state index contributed by atoms with van der Waals surface area (Å²) in [4.78, 5) is 43.2. The number of aromatic nitrogens is 1. The average Bonchev–Trinajstić information content (AvgIpc) is 3.31. The van der Waals surface area contributed by atoms with E-state index in [0.29, 0.717) is 32.7 Å². The molecule has 3 amide bonds. The topological polar surface area (TPSA) is 75.1 Å². The second kappa shape index (κ2) is 7.95. The molecule has 0 aromatic carbocycles. The Balaban J connectivity index is 1.30. The van der Waals surface area contributed by atoms with Crippen molar-refractivity contribution in [2.24, 2.45) is 5.92 Å². The molecule has 1 atom stereocenters. The van der Waals surface area contributed by atoms with Crippen molar-refractivity contribution >= 4 is 17.8 Å². The number of rotatable bonds is 4. The Morgan fingerprint density at radius 3 is 2.64 bits per heavy atom. The number of hydrogen-bond acceptors (Lipinski definition) is 4. The van der Waals surface area contributed by atoms with Crippen LogP contribution in [0.3, 0.4) is 0 Å². The maximum atomic E-state index is 13.0. The minimum atomic E-state index is -0.125. The third-order valence-electron chi connectivity index (χ3n) is 6.23. The van der Waals surface area contributed by atoms with E-state index in [2.05, 4.69) is 0 Å². The minimum absolute atomic E-state index is 0.0457. The molecule has 0 radical (unpaired) electrons. The highest BCUT2D eigenvalue weighted by Crippen LogP contribution is 2.27. The fourth-order valence-electron chi connectivity index (χ4n) is 4.67. The van der Waals surface area contributed by atoms with Gasteiger partial charge in [0.25, 0.3) is 0 Å². The van der Waals surface area contributed by atoms with Gasteiger partial charge in [-0.2, -0.15) is 0 Å². The lowest BCUT2D eigenvalue weighted by Gasteiger charge is -2.39. The van der Waals surface area contributed by atoms with Gasteiger partial charge in [-0.25, -0.2) is 4.79 Å². The summed E-state index contributed by atoms with van der Waals surface area (Å²) in [6, 6.07) is 4.11. The average molecular weight is 388 g/mol. The standard InChI is InChI=1S/C20H28N4O4/c1-28-14-18(25)22-8-2-4-15(12-22)19(26)21-10-6-16(7-11-21)24-13-17-5-3-9-23(17)20(24)27/h3,5,9,15-16H,2,4,6-8,10-14H2,1H3. The van der Waals surface area contributed by atoms with Gasteiger partial charge >= 0.3 is 6.03 Å². The molecule has 0 saturated carbocycles. The normalized spacial score (nSPS) is 23.2. The van der Waals surface area contributed by atoms with Crippen molar-refractivity contribution < 1.29 is 19.1 Å². The molecule has 0 spiro atoms. The molecule has 8 nitrogen and oxygen atoms in total. The number of carbonyl (C=O) groups excluding carboxylic acids is 3. The van der Waals surface area contributed by atoms with Crippen LogP contribution in [0.2, 0.25) is 0 Å². The van der Waals surface area contributed by atoms with Crippen LogP contribution in [0.1, 0.15) is 31.4 Å². The summed E-state index contributed by atoms with van der Waals surface area (Å²) >= 11 is 0. The third-order valence-corrected chi connectivity index (χ3v) is 6.23. The summed E-state index contributed by atoms with van der Waals surface area (Å²) in [5, 5.41) is 0. The number of hydrogen-bond donors (Lipinski definition) is 0. The largest absolute Gasteiger partial charge is 0.375 e. The Kier molecular flexibility index (Phi) is 5.39. The van der Waals surface area contributed by atoms with Crippen molar-refractivity contribution in [1.82, 2.24) is 19.3 Å². The SMILES string of the molecule is COCC(=O)N1CCCC(C(=O)N2CCC(N3Cc4cccn4C3=O)CC2)C1. The summed E-state index contributed by atoms with van der Waals surface area (Å²) in [7, 11) is 1.51. The Morgan fingerprint density at radius 1 is 1.14 bits per heavy atom. The quantitative estimate of drug-likeness (QED) is 0.775. The number of fused-ring (bicyclic) bond motifs is 1. The van der Waals surface area contributed by atoms with Crippen molar-refractivity contribution in [3.05, 3.63) is 24.0 Å². The number of piperidine rings is 2. The second-order valence-electron chi connectivity index (χ2n) is 7.95. The summed E-state index contributed by atoms with van der Waals surface area (Å²) in [6.07, 6.45) is 5.11. The molecule has 0 bridgehead atoms. The van der Waals surface area contributed by atoms with E-state index in [1.165, 1.54) is 7.11 Å². The van der Waals surface area contributed by atoms with Gasteiger partial charge in [-0.1, -0.05) is 0 Å². The lowest BCUT2D eigenvalue weighted by molar-refractivity contribution is -0.143. The van der Waals surface area contributed by atoms with Gasteiger partial charge in [0.05, 0.1) is 12.5 Å². The molecule has 3 aliphatic heterocycles. The molecule has 1 aromatic heterocycles. The molecule has 2 saturated heterocycles. The smallest absolute Gasteiger partial charge is 0.329 e. The third kappa shape index (κ3) is 3.53. The molecule has 3 aliphatic rings. The molecule has 28 heavy (non-hydrogen) atoms. The van der Waals surface area contributed by atoms with E-state index >= 15 is 0 Å². The molecular weight excluding hydrogens is 360 g/mol. The van der Waals surface area contributed by atoms with Gasteiger partial charge in [0.2, 0.25) is 11.8 Å². The van der Waals surface area contributed by atoms with Gasteiger partial charge in [0.15, 0.2) is 0 Å². The molecule has 0 N–H and O–H groups in total. The molecule has 0 aliphatic carbocycles. The lowest BCUT2D eigenvalue weighted by atomic mass is 9.94. The van der Waals surface area contributed by atoms with E-state index in [-0.39, 0.29) is 36.4 Å². The molecule has 8 heteroatoms. The molecule has 152 valence electrons. The zero-order valence-corrected chi connectivity index (χ0v) is 16.4. The molecule has 4 rings (SSSR count). The molecule has 1 unspecified atom stereocenters. The van der Waals surface area contributed by atoms with Gasteiger partial charge < -0.3 is 19.4 Å². The van der Waals surface area contributed by atoms with Crippen LogP contribution in [0.15, 0.2) is 18.3 Å². The van der Waals surface area contributed by atoms with Gasteiger partial charge in [0, 0.05) is 51.2 Å². The predicted molar refractivity (Wildman–Crippen MR) is 102 cm³/mol. The zero-order chi connectivity index (χ0) is 19.7. The van der Waals surface area contributed by atoms with Crippen LogP contribution in [0.25, 0.3) is 0 Å². The van der Waals surface area contributed by atoms with E-state index in [0.717, 1.165) is 31.4 Å². The maximum absolute atomic E-state index is 13.0. The van der Waals surface area contributed by atoms with Crippen molar-refractivity contribution in [2.75, 3.05) is 39.9 Å². The highest BCUT2D eigenvalue weighted by Gasteiger charge is 2.37. The van der Waals surface area contributed by atoms with E-state index in [9.17, 15) is 14.4 Å². The van der Waals surface area contributed by atoms with Crippen LogP contribution in [-0.2, 0) is 20.9 Å². The lowest BCUT2D eigenvalue weighted by Crippen LogP contribution is -2.51. The first-order valence-electron chi connectivity index (χ1n) is 10.1. The number of methoxy groups -OCH3 is 1. The molecule has 2 fully saturated rings. The number of ether oxygens (including phenoxy) is 1. The monoisotopic (exact) mass is 388 g/mol. The van der Waals surface area contributed by atoms with Crippen LogP contribution in [-0.4, -0.2) is 83.0 Å². The fraction of sp³-hybridized carbons (Fsp3) is 0.650. The van der Waals surface area contributed by atoms with Crippen molar-refractivity contribution in [1.29, 1.82) is 0 Å². The highest BCUT2D eigenvalue weighted by molar-refractivity contribution is 5.82. The van der Waals surface area contributed by atoms with Gasteiger partial charge in [0.1, 0.15) is 6.61 Å². The number of amides is 3. The van der Waals surface area contributed by atoms with Crippen LogP contribution in [0.5, 0.6) is 0 Å². The van der Waals surface area contributed by atoms with Crippen LogP contribution in [0.4, 0.5) is 4.79 Å².